The van der Waals surface area contributed by atoms with E-state index in [1.54, 1.807) is 11.8 Å². The van der Waals surface area contributed by atoms with Gasteiger partial charge < -0.3 is 4.98 Å². The Morgan fingerprint density at radius 1 is 1.62 bits per heavy atom. The van der Waals surface area contributed by atoms with Gasteiger partial charge in [-0.2, -0.15) is 0 Å². The van der Waals surface area contributed by atoms with E-state index in [9.17, 15) is 4.79 Å². The van der Waals surface area contributed by atoms with Gasteiger partial charge in [0.2, 0.25) is 0 Å². The molecule has 0 atom stereocenters. The molecule has 13 heavy (non-hydrogen) atoms. The molecule has 0 spiro atoms. The van der Waals surface area contributed by atoms with Crippen LogP contribution >= 0.6 is 11.8 Å². The van der Waals surface area contributed by atoms with Crippen LogP contribution in [0.5, 0.6) is 0 Å². The molecule has 0 unspecified atom stereocenters. The number of hydrogen-bond donors (Lipinski definition) is 1. The summed E-state index contributed by atoms with van der Waals surface area (Å²) in [4.78, 5) is 18.6. The molecule has 0 saturated heterocycles. The minimum Gasteiger partial charge on any atom is -0.339 e. The smallest absolute Gasteiger partial charge is 0.198 e. The van der Waals surface area contributed by atoms with Gasteiger partial charge in [-0.25, -0.2) is 4.98 Å². The largest absolute Gasteiger partial charge is 0.339 e. The second-order valence-corrected chi connectivity index (χ2v) is 3.69. The minimum atomic E-state index is 0.103. The van der Waals surface area contributed by atoms with Gasteiger partial charge in [0.25, 0.3) is 0 Å². The Hall–Kier alpha value is -0.770. The zero-order valence-electron chi connectivity index (χ0n) is 8.18. The molecule has 0 aromatic carbocycles. The Morgan fingerprint density at radius 2 is 2.31 bits per heavy atom. The molecule has 1 aromatic rings. The van der Waals surface area contributed by atoms with E-state index in [-0.39, 0.29) is 5.78 Å². The van der Waals surface area contributed by atoms with E-state index in [2.05, 4.69) is 9.97 Å². The molecular formula is C9H14N2OS. The van der Waals surface area contributed by atoms with Crippen LogP contribution in [-0.2, 0) is 0 Å². The summed E-state index contributed by atoms with van der Waals surface area (Å²) in [5, 5.41) is 0.916. The average Bonchev–Trinajstić information content (AvgIpc) is 2.47. The Kier molecular flexibility index (Phi) is 3.54. The summed E-state index contributed by atoms with van der Waals surface area (Å²) in [5.41, 5.74) is 0.979. The van der Waals surface area contributed by atoms with Crippen LogP contribution in [0.4, 0.5) is 0 Å². The van der Waals surface area contributed by atoms with Crippen molar-refractivity contribution in [1.82, 2.24) is 9.97 Å². The number of aromatic amines is 1. The van der Waals surface area contributed by atoms with E-state index < -0.39 is 0 Å². The quantitative estimate of drug-likeness (QED) is 0.597. The molecule has 0 saturated carbocycles. The van der Waals surface area contributed by atoms with Gasteiger partial charge in [-0.3, -0.25) is 4.79 Å². The average molecular weight is 198 g/mol. The number of nitrogens with zero attached hydrogens (tertiary/aromatic N) is 1. The highest BCUT2D eigenvalue weighted by Crippen LogP contribution is 2.17. The first-order chi connectivity index (χ1) is 6.19. The first kappa shape index (κ1) is 10.3. The molecule has 0 amide bonds. The summed E-state index contributed by atoms with van der Waals surface area (Å²) in [5.74, 6) is 0.606. The summed E-state index contributed by atoms with van der Waals surface area (Å²) in [6.07, 6.45) is 3.39. The summed E-state index contributed by atoms with van der Waals surface area (Å²) in [6.45, 7) is 3.92. The van der Waals surface area contributed by atoms with E-state index in [4.69, 9.17) is 0 Å². The fourth-order valence-corrected chi connectivity index (χ4v) is 1.66. The van der Waals surface area contributed by atoms with Gasteiger partial charge in [-0.1, -0.05) is 6.92 Å². The number of H-pyrrole nitrogens is 1. The highest BCUT2D eigenvalue weighted by molar-refractivity contribution is 7.98. The number of aryl methyl sites for hydroxylation is 1. The Bertz CT molecular complexity index is 307. The zero-order chi connectivity index (χ0) is 9.84. The van der Waals surface area contributed by atoms with E-state index in [1.807, 2.05) is 20.1 Å². The maximum absolute atomic E-state index is 11.4. The number of Topliss-reactive ketones (excluding diaryl/α,β-unsaturated/α-hetero) is 1. The van der Waals surface area contributed by atoms with Crippen LogP contribution in [-0.4, -0.2) is 22.0 Å². The SMILES string of the molecule is CCCC(=O)c1nc(SC)c(C)[nH]1. The molecule has 1 rings (SSSR count). The van der Waals surface area contributed by atoms with Gasteiger partial charge in [0, 0.05) is 12.1 Å². The third-order valence-electron chi connectivity index (χ3n) is 1.77. The van der Waals surface area contributed by atoms with Crippen molar-refractivity contribution in [1.29, 1.82) is 0 Å². The lowest BCUT2D eigenvalue weighted by atomic mass is 10.2. The van der Waals surface area contributed by atoms with Crippen LogP contribution in [0.1, 0.15) is 36.1 Å². The van der Waals surface area contributed by atoms with Crippen LogP contribution in [0.25, 0.3) is 0 Å². The van der Waals surface area contributed by atoms with Crippen molar-refractivity contribution in [3.8, 4) is 0 Å². The highest BCUT2D eigenvalue weighted by Gasteiger charge is 2.11. The van der Waals surface area contributed by atoms with Gasteiger partial charge in [0.05, 0.1) is 0 Å². The number of aromatic nitrogens is 2. The topological polar surface area (TPSA) is 45.8 Å². The molecular weight excluding hydrogens is 184 g/mol. The summed E-state index contributed by atoms with van der Waals surface area (Å²) < 4.78 is 0. The third kappa shape index (κ3) is 2.34. The van der Waals surface area contributed by atoms with E-state index >= 15 is 0 Å². The lowest BCUT2D eigenvalue weighted by Crippen LogP contribution is -2.00. The van der Waals surface area contributed by atoms with E-state index in [0.717, 1.165) is 17.1 Å². The number of carbonyl (C=O) groups excluding carboxylic acids is 1. The van der Waals surface area contributed by atoms with Crippen LogP contribution in [0.3, 0.4) is 0 Å². The second-order valence-electron chi connectivity index (χ2n) is 2.89. The van der Waals surface area contributed by atoms with Crippen LogP contribution < -0.4 is 0 Å². The molecule has 72 valence electrons. The van der Waals surface area contributed by atoms with E-state index in [0.29, 0.717) is 12.2 Å². The molecule has 0 radical (unpaired) electrons. The molecule has 0 aliphatic rings. The van der Waals surface area contributed by atoms with Gasteiger partial charge in [0.15, 0.2) is 11.6 Å². The number of rotatable bonds is 4. The van der Waals surface area contributed by atoms with Crippen LogP contribution in [0, 0.1) is 6.92 Å². The van der Waals surface area contributed by atoms with Crippen molar-refractivity contribution in [2.75, 3.05) is 6.26 Å². The predicted molar refractivity (Wildman–Crippen MR) is 54.3 cm³/mol. The number of nitrogens with one attached hydrogen (secondary N) is 1. The number of thioether (sulfide) groups is 1. The summed E-state index contributed by atoms with van der Waals surface area (Å²) in [7, 11) is 0. The van der Waals surface area contributed by atoms with Crippen LogP contribution in [0.2, 0.25) is 0 Å². The van der Waals surface area contributed by atoms with Gasteiger partial charge in [-0.15, -0.1) is 11.8 Å². The molecule has 0 aliphatic heterocycles. The molecule has 0 aliphatic carbocycles. The van der Waals surface area contributed by atoms with Gasteiger partial charge >= 0.3 is 0 Å². The molecule has 1 aromatic heterocycles. The summed E-state index contributed by atoms with van der Waals surface area (Å²) in [6, 6.07) is 0. The fraction of sp³-hybridized carbons (Fsp3) is 0.556. The molecule has 1 heterocycles. The van der Waals surface area contributed by atoms with E-state index in [1.165, 1.54) is 0 Å². The van der Waals surface area contributed by atoms with Crippen molar-refractivity contribution < 1.29 is 4.79 Å². The second kappa shape index (κ2) is 4.46. The number of ketones is 1. The minimum absolute atomic E-state index is 0.103. The molecule has 3 nitrogen and oxygen atoms in total. The Morgan fingerprint density at radius 3 is 2.77 bits per heavy atom. The monoisotopic (exact) mass is 198 g/mol. The van der Waals surface area contributed by atoms with Crippen molar-refractivity contribution in [2.24, 2.45) is 0 Å². The lowest BCUT2D eigenvalue weighted by molar-refractivity contribution is 0.0972. The van der Waals surface area contributed by atoms with Crippen molar-refractivity contribution >= 4 is 17.5 Å². The van der Waals surface area contributed by atoms with Crippen molar-refractivity contribution in [2.45, 2.75) is 31.7 Å². The number of carbonyl (C=O) groups is 1. The maximum atomic E-state index is 11.4. The molecule has 4 heteroatoms. The standard InChI is InChI=1S/C9H14N2OS/c1-4-5-7(12)8-10-6(2)9(11-8)13-3/h4-5H2,1-3H3,(H,10,11). The molecule has 1 N–H and O–H groups in total. The van der Waals surface area contributed by atoms with Gasteiger partial charge in [-0.05, 0) is 19.6 Å². The molecule has 0 bridgehead atoms. The third-order valence-corrected chi connectivity index (χ3v) is 2.56. The molecule has 0 fully saturated rings. The van der Waals surface area contributed by atoms with Crippen molar-refractivity contribution in [3.05, 3.63) is 11.5 Å². The lowest BCUT2D eigenvalue weighted by Gasteiger charge is -1.91. The highest BCUT2D eigenvalue weighted by atomic mass is 32.2. The fourth-order valence-electron chi connectivity index (χ4n) is 1.12. The first-order valence-electron chi connectivity index (χ1n) is 4.32. The predicted octanol–water partition coefficient (Wildman–Crippen LogP) is 2.42. The first-order valence-corrected chi connectivity index (χ1v) is 5.55. The number of imidazole rings is 1. The van der Waals surface area contributed by atoms with Crippen LogP contribution in [0.15, 0.2) is 5.03 Å². The Labute approximate surface area is 82.3 Å². The van der Waals surface area contributed by atoms with Crippen molar-refractivity contribution in [3.63, 3.8) is 0 Å². The zero-order valence-corrected chi connectivity index (χ0v) is 8.99. The normalized spacial score (nSPS) is 10.4. The van der Waals surface area contributed by atoms with Gasteiger partial charge in [0.1, 0.15) is 5.03 Å². The Balaban J connectivity index is 2.84. The summed E-state index contributed by atoms with van der Waals surface area (Å²) >= 11 is 1.56. The number of hydrogen-bond acceptors (Lipinski definition) is 3. The maximum Gasteiger partial charge on any atom is 0.198 e.